The lowest BCUT2D eigenvalue weighted by Crippen LogP contribution is -2.05. The molecule has 0 unspecified atom stereocenters. The Bertz CT molecular complexity index is 949. The Morgan fingerprint density at radius 2 is 2.04 bits per heavy atom. The van der Waals surface area contributed by atoms with Gasteiger partial charge in [0.25, 0.3) is 0 Å². The quantitative estimate of drug-likeness (QED) is 0.767. The molecule has 0 saturated carbocycles. The summed E-state index contributed by atoms with van der Waals surface area (Å²) < 4.78 is 25.2. The van der Waals surface area contributed by atoms with Gasteiger partial charge in [0, 0.05) is 19.3 Å². The molecule has 0 aliphatic heterocycles. The Morgan fingerprint density at radius 3 is 2.78 bits per heavy atom. The van der Waals surface area contributed by atoms with Crippen LogP contribution in [0.1, 0.15) is 12.5 Å². The Labute approximate surface area is 134 Å². The van der Waals surface area contributed by atoms with E-state index in [4.69, 9.17) is 0 Å². The minimum absolute atomic E-state index is 0.305. The summed E-state index contributed by atoms with van der Waals surface area (Å²) in [6, 6.07) is 6.84. The molecule has 0 aliphatic carbocycles. The standard InChI is InChI=1S/C15H17N5O2S/c1-3-20-10-19-13-14(17-9-18-15(13)20)16-8-11-5-4-6-12(7-11)23(2,21)22/h4-7,9-10H,3,8H2,1-2H3,(H,16,17,18). The number of anilines is 1. The molecule has 7 nitrogen and oxygen atoms in total. The second-order valence-corrected chi connectivity index (χ2v) is 7.21. The zero-order valence-corrected chi connectivity index (χ0v) is 13.7. The summed E-state index contributed by atoms with van der Waals surface area (Å²) in [5, 5.41) is 3.20. The summed E-state index contributed by atoms with van der Waals surface area (Å²) in [6.07, 6.45) is 4.42. The van der Waals surface area contributed by atoms with Crippen LogP contribution in [0.4, 0.5) is 5.82 Å². The van der Waals surface area contributed by atoms with Crippen molar-refractivity contribution < 1.29 is 8.42 Å². The van der Waals surface area contributed by atoms with Gasteiger partial charge in [0.15, 0.2) is 21.3 Å². The molecular formula is C15H17N5O2S. The van der Waals surface area contributed by atoms with E-state index in [1.54, 1.807) is 24.5 Å². The van der Waals surface area contributed by atoms with Crippen LogP contribution in [0.25, 0.3) is 11.2 Å². The fourth-order valence-electron chi connectivity index (χ4n) is 2.31. The van der Waals surface area contributed by atoms with Crippen molar-refractivity contribution in [1.29, 1.82) is 0 Å². The number of benzene rings is 1. The Hall–Kier alpha value is -2.48. The molecular weight excluding hydrogens is 314 g/mol. The molecule has 0 aliphatic rings. The van der Waals surface area contributed by atoms with Gasteiger partial charge >= 0.3 is 0 Å². The number of nitrogens with zero attached hydrogens (tertiary/aromatic N) is 4. The number of aromatic nitrogens is 4. The summed E-state index contributed by atoms with van der Waals surface area (Å²) in [6.45, 7) is 3.25. The first-order chi connectivity index (χ1) is 11.0. The van der Waals surface area contributed by atoms with Gasteiger partial charge in [0.2, 0.25) is 0 Å². The third-order valence-corrected chi connectivity index (χ3v) is 4.64. The van der Waals surface area contributed by atoms with Crippen LogP contribution in [0.15, 0.2) is 41.8 Å². The molecule has 0 fully saturated rings. The number of nitrogens with one attached hydrogen (secondary N) is 1. The lowest BCUT2D eigenvalue weighted by Gasteiger charge is -2.07. The number of hydrogen-bond acceptors (Lipinski definition) is 6. The van der Waals surface area contributed by atoms with Crippen molar-refractivity contribution in [3.05, 3.63) is 42.5 Å². The SMILES string of the molecule is CCn1cnc2c(NCc3cccc(S(C)(=O)=O)c3)ncnc21. The molecule has 1 aromatic carbocycles. The van der Waals surface area contributed by atoms with E-state index in [0.29, 0.717) is 22.8 Å². The number of fused-ring (bicyclic) bond motifs is 1. The van der Waals surface area contributed by atoms with E-state index in [0.717, 1.165) is 17.8 Å². The number of imidazole rings is 1. The second kappa shape index (κ2) is 5.96. The normalized spacial score (nSPS) is 11.7. The largest absolute Gasteiger partial charge is 0.364 e. The van der Waals surface area contributed by atoms with Crippen LogP contribution in [-0.4, -0.2) is 34.2 Å². The van der Waals surface area contributed by atoms with Crippen molar-refractivity contribution in [2.45, 2.75) is 24.9 Å². The van der Waals surface area contributed by atoms with Gasteiger partial charge in [-0.15, -0.1) is 0 Å². The summed E-state index contributed by atoms with van der Waals surface area (Å²) in [4.78, 5) is 13.1. The van der Waals surface area contributed by atoms with Gasteiger partial charge in [0.1, 0.15) is 11.8 Å². The molecule has 0 radical (unpaired) electrons. The molecule has 0 saturated heterocycles. The highest BCUT2D eigenvalue weighted by Crippen LogP contribution is 2.18. The van der Waals surface area contributed by atoms with Crippen molar-refractivity contribution in [3.63, 3.8) is 0 Å². The minimum Gasteiger partial charge on any atom is -0.364 e. The predicted octanol–water partition coefficient (Wildman–Crippen LogP) is 1.86. The van der Waals surface area contributed by atoms with Gasteiger partial charge in [-0.1, -0.05) is 12.1 Å². The molecule has 2 aromatic heterocycles. The third kappa shape index (κ3) is 3.16. The Morgan fingerprint density at radius 1 is 1.22 bits per heavy atom. The second-order valence-electron chi connectivity index (χ2n) is 5.20. The molecule has 0 amide bonds. The first-order valence-electron chi connectivity index (χ1n) is 7.17. The van der Waals surface area contributed by atoms with Crippen LogP contribution in [0.3, 0.4) is 0 Å². The zero-order valence-electron chi connectivity index (χ0n) is 12.9. The molecule has 3 rings (SSSR count). The van der Waals surface area contributed by atoms with Crippen molar-refractivity contribution in [1.82, 2.24) is 19.5 Å². The summed E-state index contributed by atoms with van der Waals surface area (Å²) in [5.41, 5.74) is 2.33. The molecule has 23 heavy (non-hydrogen) atoms. The number of rotatable bonds is 5. The van der Waals surface area contributed by atoms with Gasteiger partial charge in [-0.2, -0.15) is 0 Å². The smallest absolute Gasteiger partial charge is 0.175 e. The molecule has 8 heteroatoms. The van der Waals surface area contributed by atoms with Crippen molar-refractivity contribution in [2.75, 3.05) is 11.6 Å². The molecule has 0 bridgehead atoms. The molecule has 0 atom stereocenters. The van der Waals surface area contributed by atoms with Crippen LogP contribution in [0, 0.1) is 0 Å². The van der Waals surface area contributed by atoms with Crippen molar-refractivity contribution in [2.24, 2.45) is 0 Å². The van der Waals surface area contributed by atoms with E-state index in [9.17, 15) is 8.42 Å². The molecule has 3 aromatic rings. The molecule has 120 valence electrons. The fourth-order valence-corrected chi connectivity index (χ4v) is 3.00. The van der Waals surface area contributed by atoms with E-state index >= 15 is 0 Å². The Balaban J connectivity index is 1.85. The average molecular weight is 331 g/mol. The van der Waals surface area contributed by atoms with Crippen LogP contribution in [0.2, 0.25) is 0 Å². The van der Waals surface area contributed by atoms with Crippen molar-refractivity contribution in [3.8, 4) is 0 Å². The van der Waals surface area contributed by atoms with Crippen LogP contribution in [-0.2, 0) is 22.9 Å². The third-order valence-electron chi connectivity index (χ3n) is 3.53. The minimum atomic E-state index is -3.21. The van der Waals surface area contributed by atoms with Crippen LogP contribution in [0.5, 0.6) is 0 Å². The monoisotopic (exact) mass is 331 g/mol. The highest BCUT2D eigenvalue weighted by atomic mass is 32.2. The molecule has 1 N–H and O–H groups in total. The zero-order chi connectivity index (χ0) is 16.4. The van der Waals surface area contributed by atoms with Gasteiger partial charge in [0.05, 0.1) is 11.2 Å². The van der Waals surface area contributed by atoms with Crippen LogP contribution >= 0.6 is 0 Å². The fraction of sp³-hybridized carbons (Fsp3) is 0.267. The van der Waals surface area contributed by atoms with Gasteiger partial charge in [-0.05, 0) is 24.6 Å². The summed E-state index contributed by atoms with van der Waals surface area (Å²) in [5.74, 6) is 0.631. The molecule has 2 heterocycles. The summed E-state index contributed by atoms with van der Waals surface area (Å²) >= 11 is 0. The number of aryl methyl sites for hydroxylation is 1. The van der Waals surface area contributed by atoms with E-state index < -0.39 is 9.84 Å². The molecule has 0 spiro atoms. The number of sulfone groups is 1. The van der Waals surface area contributed by atoms with Gasteiger partial charge in [-0.25, -0.2) is 23.4 Å². The highest BCUT2D eigenvalue weighted by Gasteiger charge is 2.10. The van der Waals surface area contributed by atoms with E-state index in [1.165, 1.54) is 12.6 Å². The predicted molar refractivity (Wildman–Crippen MR) is 87.9 cm³/mol. The summed E-state index contributed by atoms with van der Waals surface area (Å²) in [7, 11) is -3.21. The van der Waals surface area contributed by atoms with E-state index in [1.807, 2.05) is 17.6 Å². The first kappa shape index (κ1) is 15.4. The Kier molecular flexibility index (Phi) is 3.99. The lowest BCUT2D eigenvalue weighted by atomic mass is 10.2. The maximum absolute atomic E-state index is 11.6. The van der Waals surface area contributed by atoms with E-state index in [2.05, 4.69) is 20.3 Å². The van der Waals surface area contributed by atoms with Crippen molar-refractivity contribution >= 4 is 26.8 Å². The van der Waals surface area contributed by atoms with Gasteiger partial charge in [-0.3, -0.25) is 0 Å². The first-order valence-corrected chi connectivity index (χ1v) is 9.07. The van der Waals surface area contributed by atoms with Crippen LogP contribution < -0.4 is 5.32 Å². The van der Waals surface area contributed by atoms with E-state index in [-0.39, 0.29) is 0 Å². The highest BCUT2D eigenvalue weighted by molar-refractivity contribution is 7.90. The lowest BCUT2D eigenvalue weighted by molar-refractivity contribution is 0.601. The maximum atomic E-state index is 11.6. The number of hydrogen-bond donors (Lipinski definition) is 1. The average Bonchev–Trinajstić information content (AvgIpc) is 2.96. The maximum Gasteiger partial charge on any atom is 0.175 e. The topological polar surface area (TPSA) is 89.8 Å². The van der Waals surface area contributed by atoms with Gasteiger partial charge < -0.3 is 9.88 Å².